The van der Waals surface area contributed by atoms with E-state index in [-0.39, 0.29) is 17.4 Å². The third-order valence-electron chi connectivity index (χ3n) is 6.09. The van der Waals surface area contributed by atoms with Crippen LogP contribution in [0.3, 0.4) is 0 Å². The number of ether oxygens (including phenoxy) is 1. The lowest BCUT2D eigenvalue weighted by molar-refractivity contribution is -0.448. The number of fused-ring (bicyclic) bond motifs is 2. The lowest BCUT2D eigenvalue weighted by atomic mass is 9.69. The van der Waals surface area contributed by atoms with Gasteiger partial charge in [0.15, 0.2) is 9.84 Å². The second-order valence-corrected chi connectivity index (χ2v) is 10.8. The van der Waals surface area contributed by atoms with Gasteiger partial charge in [-0.1, -0.05) is 31.5 Å². The van der Waals surface area contributed by atoms with Gasteiger partial charge in [0.25, 0.3) is 0 Å². The van der Waals surface area contributed by atoms with Crippen molar-refractivity contribution in [3.63, 3.8) is 0 Å². The van der Waals surface area contributed by atoms with Gasteiger partial charge in [-0.3, -0.25) is 0 Å². The summed E-state index contributed by atoms with van der Waals surface area (Å²) in [6.07, 6.45) is 0.580. The van der Waals surface area contributed by atoms with E-state index in [4.69, 9.17) is 14.5 Å². The first-order valence-electron chi connectivity index (χ1n) is 10.1. The minimum Gasteiger partial charge on any atom is -0.456 e. The van der Waals surface area contributed by atoms with Gasteiger partial charge >= 0.3 is 5.97 Å². The highest BCUT2D eigenvalue weighted by molar-refractivity contribution is 7.91. The zero-order chi connectivity index (χ0) is 21.3. The Morgan fingerprint density at radius 1 is 1.24 bits per heavy atom. The molecule has 1 aliphatic carbocycles. The van der Waals surface area contributed by atoms with E-state index >= 15 is 0 Å². The summed E-state index contributed by atoms with van der Waals surface area (Å²) in [5, 5.41) is 11.0. The number of carbonyl (C=O) groups excluding carboxylic acids is 1. The van der Waals surface area contributed by atoms with Crippen LogP contribution >= 0.6 is 0 Å². The molecular weight excluding hydrogens is 396 g/mol. The third kappa shape index (κ3) is 4.82. The second kappa shape index (κ2) is 8.34. The van der Waals surface area contributed by atoms with E-state index < -0.39 is 39.2 Å². The zero-order valence-corrected chi connectivity index (χ0v) is 18.0. The van der Waals surface area contributed by atoms with Crippen LogP contribution in [0, 0.1) is 5.92 Å². The lowest BCUT2D eigenvalue weighted by Crippen LogP contribution is -2.64. The number of esters is 1. The molecule has 1 aromatic rings. The molecule has 2 bridgehead atoms. The fraction of sp³-hybridized carbons (Fsp3) is 0.667. The van der Waals surface area contributed by atoms with E-state index in [1.54, 1.807) is 44.2 Å². The number of carbonyl (C=O) groups is 1. The first-order valence-corrected chi connectivity index (χ1v) is 11.9. The van der Waals surface area contributed by atoms with Gasteiger partial charge in [-0.05, 0) is 51.2 Å². The number of rotatable bonds is 7. The van der Waals surface area contributed by atoms with E-state index in [0.29, 0.717) is 24.8 Å². The summed E-state index contributed by atoms with van der Waals surface area (Å²) in [6, 6.07) is 8.56. The van der Waals surface area contributed by atoms with Crippen LogP contribution in [0.2, 0.25) is 0 Å². The summed E-state index contributed by atoms with van der Waals surface area (Å²) in [7, 11) is -3.33. The van der Waals surface area contributed by atoms with Crippen LogP contribution in [-0.4, -0.2) is 54.4 Å². The number of hydrogen-bond acceptors (Lipinski definition) is 7. The Kier molecular flexibility index (Phi) is 6.38. The molecule has 8 heteroatoms. The summed E-state index contributed by atoms with van der Waals surface area (Å²) in [5.41, 5.74) is -2.11. The highest BCUT2D eigenvalue weighted by Crippen LogP contribution is 2.47. The highest BCUT2D eigenvalue weighted by atomic mass is 32.2. The van der Waals surface area contributed by atoms with Crippen molar-refractivity contribution >= 4 is 15.8 Å². The molecule has 0 unspecified atom stereocenters. The fourth-order valence-electron chi connectivity index (χ4n) is 4.12. The van der Waals surface area contributed by atoms with Gasteiger partial charge < -0.3 is 9.84 Å². The molecule has 1 aliphatic heterocycles. The Hall–Kier alpha value is -1.48. The van der Waals surface area contributed by atoms with Crippen molar-refractivity contribution in [2.45, 2.75) is 69.9 Å². The molecule has 1 N–H and O–H groups in total. The van der Waals surface area contributed by atoms with Gasteiger partial charge in [0.05, 0.1) is 17.1 Å². The molecule has 29 heavy (non-hydrogen) atoms. The number of unbranched alkanes of at least 4 members (excludes halogenated alkanes) is 1. The van der Waals surface area contributed by atoms with E-state index in [0.717, 1.165) is 6.42 Å². The van der Waals surface area contributed by atoms with E-state index in [9.17, 15) is 18.3 Å². The van der Waals surface area contributed by atoms with Crippen LogP contribution in [-0.2, 0) is 24.3 Å². The average Bonchev–Trinajstić information content (AvgIpc) is 2.66. The van der Waals surface area contributed by atoms with Crippen LogP contribution in [0.1, 0.15) is 56.8 Å². The maximum atomic E-state index is 12.5. The standard InChI is InChI=1S/C21H30O7S/c1-4-5-11-29(24,25)14-20(2)16-12-17(21(3,23)18(13-16)27-28-20)26-19(22)15-9-7-6-8-10-15/h6-10,16-18,23H,4-5,11-14H2,1-3H3/t16-,17-,18-,20-,21-/m0/s1. The van der Waals surface area contributed by atoms with Crippen molar-refractivity contribution in [2.24, 2.45) is 5.92 Å². The van der Waals surface area contributed by atoms with Gasteiger partial charge in [0.2, 0.25) is 0 Å². The highest BCUT2D eigenvalue weighted by Gasteiger charge is 2.58. The van der Waals surface area contributed by atoms with Crippen molar-refractivity contribution in [2.75, 3.05) is 11.5 Å². The Labute approximate surface area is 172 Å². The predicted molar refractivity (Wildman–Crippen MR) is 107 cm³/mol. The number of aliphatic hydroxyl groups is 1. The summed E-state index contributed by atoms with van der Waals surface area (Å²) in [6.45, 7) is 5.21. The quantitative estimate of drug-likeness (QED) is 0.529. The molecular formula is C21H30O7S. The molecule has 1 aromatic carbocycles. The predicted octanol–water partition coefficient (Wildman–Crippen LogP) is 2.68. The van der Waals surface area contributed by atoms with Crippen molar-refractivity contribution < 1.29 is 32.8 Å². The molecule has 7 nitrogen and oxygen atoms in total. The average molecular weight is 427 g/mol. The monoisotopic (exact) mass is 426 g/mol. The van der Waals surface area contributed by atoms with Crippen molar-refractivity contribution in [1.82, 2.24) is 0 Å². The summed E-state index contributed by atoms with van der Waals surface area (Å²) in [4.78, 5) is 23.5. The minimum atomic E-state index is -3.33. The van der Waals surface area contributed by atoms with E-state index in [1.807, 2.05) is 6.92 Å². The summed E-state index contributed by atoms with van der Waals surface area (Å²) >= 11 is 0. The molecule has 1 saturated carbocycles. The van der Waals surface area contributed by atoms with Gasteiger partial charge in [-0.15, -0.1) is 0 Å². The van der Waals surface area contributed by atoms with Crippen LogP contribution in [0.15, 0.2) is 30.3 Å². The summed E-state index contributed by atoms with van der Waals surface area (Å²) < 4.78 is 30.7. The maximum absolute atomic E-state index is 12.5. The van der Waals surface area contributed by atoms with Crippen molar-refractivity contribution in [1.29, 1.82) is 0 Å². The van der Waals surface area contributed by atoms with E-state index in [2.05, 4.69) is 0 Å². The Morgan fingerprint density at radius 3 is 2.59 bits per heavy atom. The molecule has 2 aliphatic rings. The van der Waals surface area contributed by atoms with Crippen LogP contribution in [0.4, 0.5) is 0 Å². The number of benzene rings is 1. The first kappa shape index (κ1) is 22.2. The van der Waals surface area contributed by atoms with Crippen LogP contribution in [0.5, 0.6) is 0 Å². The molecule has 2 fully saturated rings. The van der Waals surface area contributed by atoms with Crippen molar-refractivity contribution in [3.05, 3.63) is 35.9 Å². The molecule has 3 rings (SSSR count). The topological polar surface area (TPSA) is 99.1 Å². The van der Waals surface area contributed by atoms with Crippen molar-refractivity contribution in [3.8, 4) is 0 Å². The van der Waals surface area contributed by atoms with Gasteiger partial charge in [0.1, 0.15) is 23.4 Å². The van der Waals surface area contributed by atoms with E-state index in [1.165, 1.54) is 0 Å². The van der Waals surface area contributed by atoms with Gasteiger partial charge in [0, 0.05) is 0 Å². The van der Waals surface area contributed by atoms with Gasteiger partial charge in [-0.2, -0.15) is 0 Å². The van der Waals surface area contributed by atoms with Gasteiger partial charge in [-0.25, -0.2) is 23.0 Å². The first-order chi connectivity index (χ1) is 13.6. The zero-order valence-electron chi connectivity index (χ0n) is 17.2. The normalized spacial score (nSPS) is 34.6. The molecule has 1 saturated heterocycles. The van der Waals surface area contributed by atoms with Crippen LogP contribution in [0.25, 0.3) is 0 Å². The van der Waals surface area contributed by atoms with Crippen LogP contribution < -0.4 is 0 Å². The second-order valence-electron chi connectivity index (χ2n) is 8.58. The summed E-state index contributed by atoms with van der Waals surface area (Å²) in [5.74, 6) is -0.831. The molecule has 0 aromatic heterocycles. The SMILES string of the molecule is CCCCS(=O)(=O)C[C@]1(C)OO[C@H]2C[C@@H]1C[C@H](OC(=O)c1ccccc1)[C@]2(C)O. The minimum absolute atomic E-state index is 0.0999. The Balaban J connectivity index is 1.77. The third-order valence-corrected chi connectivity index (χ3v) is 8.02. The molecule has 1 heterocycles. The molecule has 0 spiro atoms. The Morgan fingerprint density at radius 2 is 1.93 bits per heavy atom. The molecule has 0 amide bonds. The number of sulfone groups is 1. The Bertz CT molecular complexity index is 821. The largest absolute Gasteiger partial charge is 0.456 e. The smallest absolute Gasteiger partial charge is 0.338 e. The maximum Gasteiger partial charge on any atom is 0.338 e. The fourth-order valence-corrected chi connectivity index (χ4v) is 6.15. The molecule has 0 radical (unpaired) electrons. The number of hydrogen-bond donors (Lipinski definition) is 1. The molecule has 162 valence electrons. The lowest BCUT2D eigenvalue weighted by Gasteiger charge is -2.53. The molecule has 5 atom stereocenters.